The van der Waals surface area contributed by atoms with Gasteiger partial charge in [-0.3, -0.25) is 0 Å². The molecule has 0 aliphatic carbocycles. The molecule has 2 aromatic heterocycles. The van der Waals surface area contributed by atoms with E-state index in [1.165, 1.54) is 0 Å². The average molecular weight is 240 g/mol. The number of nitrogens with zero attached hydrogens (tertiary/aromatic N) is 2. The van der Waals surface area contributed by atoms with Gasteiger partial charge in [-0.2, -0.15) is 0 Å². The lowest BCUT2D eigenvalue weighted by atomic mass is 10.4. The smallest absolute Gasteiger partial charge is 0.132 e. The number of hydrogen-bond donors (Lipinski definition) is 1. The van der Waals surface area contributed by atoms with Crippen molar-refractivity contribution in [2.75, 3.05) is 7.05 Å². The number of hydrogen-bond acceptors (Lipinski definition) is 2. The molecule has 0 bridgehead atoms. The zero-order valence-corrected chi connectivity index (χ0v) is 8.87. The van der Waals surface area contributed by atoms with Crippen LogP contribution in [0.3, 0.4) is 0 Å². The fraction of sp³-hybridized carbons (Fsp3) is 0.222. The minimum Gasteiger partial charge on any atom is -0.313 e. The quantitative estimate of drug-likeness (QED) is 0.867. The highest BCUT2D eigenvalue weighted by atomic mass is 79.9. The zero-order valence-electron chi connectivity index (χ0n) is 7.29. The number of aromatic nitrogens is 2. The third-order valence-corrected chi connectivity index (χ3v) is 2.49. The van der Waals surface area contributed by atoms with Crippen LogP contribution in [0.5, 0.6) is 0 Å². The van der Waals surface area contributed by atoms with Crippen LogP contribution in [0.15, 0.2) is 29.0 Å². The van der Waals surface area contributed by atoms with Crippen molar-refractivity contribution in [3.8, 4) is 0 Å². The minimum absolute atomic E-state index is 0.775. The second-order valence-electron chi connectivity index (χ2n) is 2.81. The van der Waals surface area contributed by atoms with Crippen LogP contribution >= 0.6 is 15.9 Å². The van der Waals surface area contributed by atoms with E-state index in [0.717, 1.165) is 22.5 Å². The van der Waals surface area contributed by atoms with Gasteiger partial charge in [-0.1, -0.05) is 6.07 Å². The first-order chi connectivity index (χ1) is 6.33. The van der Waals surface area contributed by atoms with Gasteiger partial charge in [-0.05, 0) is 35.1 Å². The molecule has 0 spiro atoms. The van der Waals surface area contributed by atoms with Gasteiger partial charge in [0, 0.05) is 6.20 Å². The summed E-state index contributed by atoms with van der Waals surface area (Å²) in [5.74, 6) is 1.02. The van der Waals surface area contributed by atoms with E-state index in [1.807, 2.05) is 31.4 Å². The molecule has 13 heavy (non-hydrogen) atoms. The molecule has 2 heterocycles. The number of fused-ring (bicyclic) bond motifs is 1. The topological polar surface area (TPSA) is 29.3 Å². The minimum atomic E-state index is 0.775. The number of nitrogens with one attached hydrogen (secondary N) is 1. The summed E-state index contributed by atoms with van der Waals surface area (Å²) in [6.45, 7) is 0.775. The normalized spacial score (nSPS) is 10.9. The maximum atomic E-state index is 4.40. The molecule has 1 N–H and O–H groups in total. The Labute approximate surface area is 84.9 Å². The van der Waals surface area contributed by atoms with Gasteiger partial charge < -0.3 is 9.72 Å². The summed E-state index contributed by atoms with van der Waals surface area (Å²) in [7, 11) is 1.91. The van der Waals surface area contributed by atoms with E-state index in [-0.39, 0.29) is 0 Å². The summed E-state index contributed by atoms with van der Waals surface area (Å²) in [4.78, 5) is 4.40. The summed E-state index contributed by atoms with van der Waals surface area (Å²) in [6.07, 6.45) is 2.01. The Bertz CT molecular complexity index is 422. The lowest BCUT2D eigenvalue weighted by Crippen LogP contribution is -2.08. The van der Waals surface area contributed by atoms with Crippen LogP contribution in [-0.4, -0.2) is 16.4 Å². The molecule has 0 fully saturated rings. The van der Waals surface area contributed by atoms with Crippen molar-refractivity contribution in [1.29, 1.82) is 0 Å². The molecule has 2 rings (SSSR count). The Morgan fingerprint density at radius 2 is 2.38 bits per heavy atom. The summed E-state index contributed by atoms with van der Waals surface area (Å²) >= 11 is 3.43. The molecule has 0 unspecified atom stereocenters. The van der Waals surface area contributed by atoms with E-state index in [2.05, 4.69) is 30.6 Å². The maximum absolute atomic E-state index is 4.40. The predicted octanol–water partition coefficient (Wildman–Crippen LogP) is 1.82. The Morgan fingerprint density at radius 1 is 1.54 bits per heavy atom. The lowest BCUT2D eigenvalue weighted by molar-refractivity contribution is 0.754. The Balaban J connectivity index is 2.63. The van der Waals surface area contributed by atoms with Gasteiger partial charge in [0.25, 0.3) is 0 Å². The SMILES string of the molecule is CNCc1nc(Br)c2ccccn12. The molecule has 0 aliphatic heterocycles. The van der Waals surface area contributed by atoms with E-state index in [9.17, 15) is 0 Å². The van der Waals surface area contributed by atoms with Crippen molar-refractivity contribution >= 4 is 21.4 Å². The molecule has 2 aromatic rings. The van der Waals surface area contributed by atoms with Crippen LogP contribution in [0.4, 0.5) is 0 Å². The standard InChI is InChI=1S/C9H10BrN3/c1-11-6-8-12-9(10)7-4-2-3-5-13(7)8/h2-5,11H,6H2,1H3. The number of rotatable bonds is 2. The fourth-order valence-electron chi connectivity index (χ4n) is 1.34. The van der Waals surface area contributed by atoms with Gasteiger partial charge in [0.15, 0.2) is 0 Å². The van der Waals surface area contributed by atoms with Gasteiger partial charge >= 0.3 is 0 Å². The first-order valence-electron chi connectivity index (χ1n) is 4.09. The van der Waals surface area contributed by atoms with Crippen LogP contribution < -0.4 is 5.32 Å². The molecule has 0 saturated carbocycles. The third kappa shape index (κ3) is 1.47. The lowest BCUT2D eigenvalue weighted by Gasteiger charge is -1.98. The second kappa shape index (κ2) is 3.47. The van der Waals surface area contributed by atoms with Crippen molar-refractivity contribution in [2.45, 2.75) is 6.54 Å². The Hall–Kier alpha value is -0.870. The summed E-state index contributed by atoms with van der Waals surface area (Å²) in [5.41, 5.74) is 1.10. The first kappa shape index (κ1) is 8.72. The van der Waals surface area contributed by atoms with Crippen LogP contribution in [0.25, 0.3) is 5.52 Å². The molecule has 3 nitrogen and oxygen atoms in total. The molecule has 0 saturated heterocycles. The van der Waals surface area contributed by atoms with Crippen molar-refractivity contribution in [3.05, 3.63) is 34.8 Å². The summed E-state index contributed by atoms with van der Waals surface area (Å²) in [5, 5.41) is 3.09. The van der Waals surface area contributed by atoms with Gasteiger partial charge in [0.1, 0.15) is 10.4 Å². The highest BCUT2D eigenvalue weighted by molar-refractivity contribution is 9.10. The molecule has 68 valence electrons. The molecule has 0 aromatic carbocycles. The van der Waals surface area contributed by atoms with E-state index < -0.39 is 0 Å². The van der Waals surface area contributed by atoms with Crippen LogP contribution in [0.2, 0.25) is 0 Å². The monoisotopic (exact) mass is 239 g/mol. The second-order valence-corrected chi connectivity index (χ2v) is 3.56. The van der Waals surface area contributed by atoms with Gasteiger partial charge in [-0.15, -0.1) is 0 Å². The molecule has 4 heteroatoms. The third-order valence-electron chi connectivity index (χ3n) is 1.91. The maximum Gasteiger partial charge on any atom is 0.132 e. The van der Waals surface area contributed by atoms with Crippen LogP contribution in [-0.2, 0) is 6.54 Å². The van der Waals surface area contributed by atoms with E-state index in [1.54, 1.807) is 0 Å². The number of halogens is 1. The van der Waals surface area contributed by atoms with Gasteiger partial charge in [0.05, 0.1) is 12.1 Å². The Kier molecular flexibility index (Phi) is 2.33. The molecular formula is C9H10BrN3. The van der Waals surface area contributed by atoms with E-state index in [0.29, 0.717) is 0 Å². The molecule has 0 atom stereocenters. The molecular weight excluding hydrogens is 230 g/mol. The number of imidazole rings is 1. The van der Waals surface area contributed by atoms with Crippen molar-refractivity contribution in [3.63, 3.8) is 0 Å². The molecule has 0 amide bonds. The van der Waals surface area contributed by atoms with Crippen molar-refractivity contribution in [2.24, 2.45) is 0 Å². The van der Waals surface area contributed by atoms with E-state index in [4.69, 9.17) is 0 Å². The first-order valence-corrected chi connectivity index (χ1v) is 4.88. The highest BCUT2D eigenvalue weighted by Crippen LogP contribution is 2.18. The average Bonchev–Trinajstić information content (AvgIpc) is 2.46. The molecule has 0 radical (unpaired) electrons. The predicted molar refractivity (Wildman–Crippen MR) is 55.7 cm³/mol. The number of pyridine rings is 1. The summed E-state index contributed by atoms with van der Waals surface area (Å²) < 4.78 is 2.97. The fourth-order valence-corrected chi connectivity index (χ4v) is 1.87. The van der Waals surface area contributed by atoms with Crippen molar-refractivity contribution in [1.82, 2.24) is 14.7 Å². The van der Waals surface area contributed by atoms with Crippen molar-refractivity contribution < 1.29 is 0 Å². The van der Waals surface area contributed by atoms with E-state index >= 15 is 0 Å². The van der Waals surface area contributed by atoms with Gasteiger partial charge in [-0.25, -0.2) is 4.98 Å². The van der Waals surface area contributed by atoms with Gasteiger partial charge in [0.2, 0.25) is 0 Å². The Morgan fingerprint density at radius 3 is 3.15 bits per heavy atom. The largest absolute Gasteiger partial charge is 0.313 e. The highest BCUT2D eigenvalue weighted by Gasteiger charge is 2.05. The molecule has 0 aliphatic rings. The summed E-state index contributed by atoms with van der Waals surface area (Å²) in [6, 6.07) is 6.04. The van der Waals surface area contributed by atoms with Crippen LogP contribution in [0, 0.1) is 0 Å². The zero-order chi connectivity index (χ0) is 9.26. The van der Waals surface area contributed by atoms with Crippen LogP contribution in [0.1, 0.15) is 5.82 Å².